The molecule has 1 saturated carbocycles. The van der Waals surface area contributed by atoms with Gasteiger partial charge in [-0.2, -0.15) is 0 Å². The number of rotatable bonds is 4. The molecule has 1 N–H and O–H groups in total. The predicted molar refractivity (Wildman–Crippen MR) is 96.0 cm³/mol. The molecule has 3 rings (SSSR count). The first-order valence-electron chi connectivity index (χ1n) is 9.35. The van der Waals surface area contributed by atoms with E-state index in [-0.39, 0.29) is 17.9 Å². The highest BCUT2D eigenvalue weighted by Crippen LogP contribution is 2.28. The molecule has 0 spiro atoms. The van der Waals surface area contributed by atoms with Gasteiger partial charge in [-0.25, -0.2) is 0 Å². The van der Waals surface area contributed by atoms with Crippen LogP contribution in [0, 0.1) is 5.92 Å². The summed E-state index contributed by atoms with van der Waals surface area (Å²) in [6, 6.07) is 7.69. The van der Waals surface area contributed by atoms with E-state index in [4.69, 9.17) is 0 Å². The highest BCUT2D eigenvalue weighted by atomic mass is 16.2. The van der Waals surface area contributed by atoms with Crippen molar-refractivity contribution < 1.29 is 9.59 Å². The molecule has 1 aromatic rings. The zero-order chi connectivity index (χ0) is 16.9. The van der Waals surface area contributed by atoms with E-state index in [1.807, 2.05) is 29.2 Å². The van der Waals surface area contributed by atoms with Crippen LogP contribution < -0.4 is 5.32 Å². The molecule has 0 aromatic heterocycles. The summed E-state index contributed by atoms with van der Waals surface area (Å²) in [5, 5.41) is 2.99. The zero-order valence-corrected chi connectivity index (χ0v) is 14.6. The van der Waals surface area contributed by atoms with Crippen LogP contribution in [0.3, 0.4) is 0 Å². The van der Waals surface area contributed by atoms with Crippen LogP contribution in [-0.4, -0.2) is 29.3 Å². The Kier molecular flexibility index (Phi) is 5.54. The van der Waals surface area contributed by atoms with Gasteiger partial charge in [0.15, 0.2) is 0 Å². The van der Waals surface area contributed by atoms with Crippen molar-refractivity contribution in [2.45, 2.75) is 64.3 Å². The minimum absolute atomic E-state index is 0.0360. The van der Waals surface area contributed by atoms with Crippen molar-refractivity contribution in [2.24, 2.45) is 5.92 Å². The lowest BCUT2D eigenvalue weighted by Gasteiger charge is -2.34. The molecule has 4 nitrogen and oxygen atoms in total. The summed E-state index contributed by atoms with van der Waals surface area (Å²) in [5.74, 6) is 0.586. The Balaban J connectivity index is 1.70. The topological polar surface area (TPSA) is 49.4 Å². The number of para-hydroxylation sites is 1. The van der Waals surface area contributed by atoms with Gasteiger partial charge in [-0.1, -0.05) is 25.0 Å². The van der Waals surface area contributed by atoms with Crippen molar-refractivity contribution >= 4 is 17.5 Å². The lowest BCUT2D eigenvalue weighted by molar-refractivity contribution is -0.117. The lowest BCUT2D eigenvalue weighted by Crippen LogP contribution is -2.42. The van der Waals surface area contributed by atoms with Crippen LogP contribution in [0.25, 0.3) is 0 Å². The third-order valence-corrected chi connectivity index (χ3v) is 5.44. The molecule has 1 aliphatic carbocycles. The Hall–Kier alpha value is -1.84. The Bertz CT molecular complexity index is 593. The molecule has 1 heterocycles. The number of amides is 2. The Morgan fingerprint density at radius 3 is 2.54 bits per heavy atom. The van der Waals surface area contributed by atoms with Crippen molar-refractivity contribution in [3.8, 4) is 0 Å². The fraction of sp³-hybridized carbons (Fsp3) is 0.600. The highest BCUT2D eigenvalue weighted by molar-refractivity contribution is 6.03. The smallest absolute Gasteiger partial charge is 0.256 e. The second-order valence-corrected chi connectivity index (χ2v) is 7.29. The molecule has 1 aromatic carbocycles. The standard InChI is InChI=1S/C20H28N2O2/c1-15-8-6-7-13-22(15)20(24)17-11-4-5-12-18(17)21-19(23)14-16-9-2-3-10-16/h4-5,11-12,15-16H,2-3,6-10,13-14H2,1H3,(H,21,23). The monoisotopic (exact) mass is 328 g/mol. The number of nitrogens with one attached hydrogen (secondary N) is 1. The first-order chi connectivity index (χ1) is 11.6. The minimum Gasteiger partial charge on any atom is -0.336 e. The molecule has 1 atom stereocenters. The summed E-state index contributed by atoms with van der Waals surface area (Å²) < 4.78 is 0. The summed E-state index contributed by atoms with van der Waals surface area (Å²) in [7, 11) is 0. The van der Waals surface area contributed by atoms with E-state index in [1.54, 1.807) is 0 Å². The van der Waals surface area contributed by atoms with E-state index in [0.29, 0.717) is 23.6 Å². The quantitative estimate of drug-likeness (QED) is 0.899. The second kappa shape index (κ2) is 7.82. The SMILES string of the molecule is CC1CCCCN1C(=O)c1ccccc1NC(=O)CC1CCCC1. The van der Waals surface area contributed by atoms with E-state index in [9.17, 15) is 9.59 Å². The molecule has 1 aliphatic heterocycles. The number of nitrogens with zero attached hydrogens (tertiary/aromatic N) is 1. The van der Waals surface area contributed by atoms with Crippen LogP contribution in [0.5, 0.6) is 0 Å². The molecular formula is C20H28N2O2. The van der Waals surface area contributed by atoms with Crippen molar-refractivity contribution in [3.05, 3.63) is 29.8 Å². The first kappa shape index (κ1) is 17.0. The van der Waals surface area contributed by atoms with Gasteiger partial charge in [0, 0.05) is 19.0 Å². The molecule has 24 heavy (non-hydrogen) atoms. The minimum atomic E-state index is 0.0360. The van der Waals surface area contributed by atoms with Gasteiger partial charge < -0.3 is 10.2 Å². The van der Waals surface area contributed by atoms with E-state index in [2.05, 4.69) is 12.2 Å². The second-order valence-electron chi connectivity index (χ2n) is 7.29. The van der Waals surface area contributed by atoms with Gasteiger partial charge in [-0.05, 0) is 57.1 Å². The molecule has 2 fully saturated rings. The van der Waals surface area contributed by atoms with Crippen LogP contribution in [0.1, 0.15) is 68.6 Å². The molecule has 0 radical (unpaired) electrons. The van der Waals surface area contributed by atoms with Gasteiger partial charge in [0.05, 0.1) is 11.3 Å². The Morgan fingerprint density at radius 1 is 1.08 bits per heavy atom. The average molecular weight is 328 g/mol. The first-order valence-corrected chi connectivity index (χ1v) is 9.35. The van der Waals surface area contributed by atoms with Crippen LogP contribution in [0.2, 0.25) is 0 Å². The molecule has 1 unspecified atom stereocenters. The van der Waals surface area contributed by atoms with Crippen molar-refractivity contribution in [1.82, 2.24) is 4.90 Å². The number of hydrogen-bond donors (Lipinski definition) is 1. The van der Waals surface area contributed by atoms with E-state index in [1.165, 1.54) is 19.3 Å². The fourth-order valence-corrected chi connectivity index (χ4v) is 4.01. The van der Waals surface area contributed by atoms with E-state index >= 15 is 0 Å². The van der Waals surface area contributed by atoms with E-state index in [0.717, 1.165) is 32.2 Å². The summed E-state index contributed by atoms with van der Waals surface area (Å²) in [4.78, 5) is 27.2. The van der Waals surface area contributed by atoms with Gasteiger partial charge in [-0.3, -0.25) is 9.59 Å². The number of hydrogen-bond acceptors (Lipinski definition) is 2. The van der Waals surface area contributed by atoms with Gasteiger partial charge in [0.25, 0.3) is 5.91 Å². The van der Waals surface area contributed by atoms with Crippen LogP contribution >= 0.6 is 0 Å². The number of benzene rings is 1. The number of carbonyl (C=O) groups excluding carboxylic acids is 2. The number of likely N-dealkylation sites (tertiary alicyclic amines) is 1. The maximum absolute atomic E-state index is 12.9. The highest BCUT2D eigenvalue weighted by Gasteiger charge is 2.26. The summed E-state index contributed by atoms with van der Waals surface area (Å²) in [6.07, 6.45) is 8.65. The third kappa shape index (κ3) is 3.97. The fourth-order valence-electron chi connectivity index (χ4n) is 4.01. The van der Waals surface area contributed by atoms with E-state index < -0.39 is 0 Å². The third-order valence-electron chi connectivity index (χ3n) is 5.44. The van der Waals surface area contributed by atoms with Gasteiger partial charge in [0.1, 0.15) is 0 Å². The summed E-state index contributed by atoms with van der Waals surface area (Å²) in [6.45, 7) is 2.92. The summed E-state index contributed by atoms with van der Waals surface area (Å²) >= 11 is 0. The molecule has 2 amide bonds. The number of carbonyl (C=O) groups is 2. The maximum atomic E-state index is 12.9. The van der Waals surface area contributed by atoms with Crippen LogP contribution in [-0.2, 0) is 4.79 Å². The molecule has 4 heteroatoms. The number of piperidine rings is 1. The molecule has 130 valence electrons. The van der Waals surface area contributed by atoms with Crippen molar-refractivity contribution in [2.75, 3.05) is 11.9 Å². The normalized spacial score (nSPS) is 21.7. The molecule has 2 aliphatic rings. The van der Waals surface area contributed by atoms with Gasteiger partial charge in [0.2, 0.25) is 5.91 Å². The summed E-state index contributed by atoms with van der Waals surface area (Å²) in [5.41, 5.74) is 1.27. The Morgan fingerprint density at radius 2 is 1.79 bits per heavy atom. The van der Waals surface area contributed by atoms with Crippen molar-refractivity contribution in [1.29, 1.82) is 0 Å². The molecular weight excluding hydrogens is 300 g/mol. The number of anilines is 1. The maximum Gasteiger partial charge on any atom is 0.256 e. The van der Waals surface area contributed by atoms with Gasteiger partial charge in [-0.15, -0.1) is 0 Å². The lowest BCUT2D eigenvalue weighted by atomic mass is 10.0. The average Bonchev–Trinajstić information content (AvgIpc) is 3.08. The van der Waals surface area contributed by atoms with Crippen LogP contribution in [0.4, 0.5) is 5.69 Å². The molecule has 1 saturated heterocycles. The largest absolute Gasteiger partial charge is 0.336 e. The zero-order valence-electron chi connectivity index (χ0n) is 14.6. The molecule has 0 bridgehead atoms. The van der Waals surface area contributed by atoms with Crippen molar-refractivity contribution in [3.63, 3.8) is 0 Å². The Labute approximate surface area is 144 Å². The van der Waals surface area contributed by atoms with Crippen LogP contribution in [0.15, 0.2) is 24.3 Å². The predicted octanol–water partition coefficient (Wildman–Crippen LogP) is 4.22. The van der Waals surface area contributed by atoms with Gasteiger partial charge >= 0.3 is 0 Å².